The van der Waals surface area contributed by atoms with Gasteiger partial charge in [0.1, 0.15) is 17.2 Å². The lowest BCUT2D eigenvalue weighted by Gasteiger charge is -2.21. The summed E-state index contributed by atoms with van der Waals surface area (Å²) in [5.41, 5.74) is 5.13. The fraction of sp³-hybridized carbons (Fsp3) is 0.250. The van der Waals surface area contributed by atoms with Crippen LogP contribution in [-0.2, 0) is 4.79 Å². The lowest BCUT2D eigenvalue weighted by Crippen LogP contribution is -2.20. The van der Waals surface area contributed by atoms with E-state index in [1.807, 2.05) is 61.5 Å². The molecule has 3 nitrogen and oxygen atoms in total. The summed E-state index contributed by atoms with van der Waals surface area (Å²) in [5, 5.41) is 10.5. The lowest BCUT2D eigenvalue weighted by atomic mass is 9.83. The molecule has 1 saturated carbocycles. The normalized spacial score (nSPS) is 15.6. The second-order valence-electron chi connectivity index (χ2n) is 8.96. The van der Waals surface area contributed by atoms with Gasteiger partial charge < -0.3 is 9.52 Å². The van der Waals surface area contributed by atoms with E-state index in [-0.39, 0.29) is 11.7 Å². The molecule has 4 aromatic rings. The van der Waals surface area contributed by atoms with Gasteiger partial charge in [-0.05, 0) is 67.0 Å². The van der Waals surface area contributed by atoms with Gasteiger partial charge in [-0.25, -0.2) is 4.39 Å². The molecular formula is C28H25FO3. The Labute approximate surface area is 186 Å². The molecule has 0 spiro atoms. The largest absolute Gasteiger partial charge is 0.481 e. The molecule has 1 fully saturated rings. The van der Waals surface area contributed by atoms with Crippen LogP contribution in [0.15, 0.2) is 71.1 Å². The van der Waals surface area contributed by atoms with Gasteiger partial charge in [-0.3, -0.25) is 4.79 Å². The number of hydrogen-bond acceptors (Lipinski definition) is 2. The molecule has 0 amide bonds. The molecule has 4 heteroatoms. The van der Waals surface area contributed by atoms with Gasteiger partial charge in [0.2, 0.25) is 0 Å². The summed E-state index contributed by atoms with van der Waals surface area (Å²) in [7, 11) is 0. The number of carboxylic acid groups (broad SMARTS) is 1. The average molecular weight is 429 g/mol. The van der Waals surface area contributed by atoms with Crippen LogP contribution in [0.25, 0.3) is 33.4 Å². The van der Waals surface area contributed by atoms with Gasteiger partial charge in [-0.1, -0.05) is 55.0 Å². The third-order valence-corrected chi connectivity index (χ3v) is 6.59. The van der Waals surface area contributed by atoms with Crippen LogP contribution in [0.3, 0.4) is 0 Å². The van der Waals surface area contributed by atoms with Crippen molar-refractivity contribution < 1.29 is 18.7 Å². The fourth-order valence-corrected chi connectivity index (χ4v) is 4.65. The number of fused-ring (bicyclic) bond motifs is 1. The highest BCUT2D eigenvalue weighted by Crippen LogP contribution is 2.47. The molecular weight excluding hydrogens is 403 g/mol. The minimum Gasteiger partial charge on any atom is -0.481 e. The van der Waals surface area contributed by atoms with Gasteiger partial charge in [0, 0.05) is 16.5 Å². The topological polar surface area (TPSA) is 50.4 Å². The second kappa shape index (κ2) is 7.94. The van der Waals surface area contributed by atoms with Crippen molar-refractivity contribution in [1.29, 1.82) is 0 Å². The van der Waals surface area contributed by atoms with E-state index >= 15 is 0 Å². The molecule has 0 saturated heterocycles. The molecule has 2 atom stereocenters. The van der Waals surface area contributed by atoms with E-state index in [1.54, 1.807) is 13.0 Å². The van der Waals surface area contributed by atoms with E-state index in [0.29, 0.717) is 11.5 Å². The minimum atomic E-state index is -0.757. The molecule has 1 aromatic heterocycles. The van der Waals surface area contributed by atoms with E-state index in [0.717, 1.165) is 51.8 Å². The van der Waals surface area contributed by atoms with E-state index < -0.39 is 11.9 Å². The molecule has 1 aliphatic carbocycles. The fourth-order valence-electron chi connectivity index (χ4n) is 4.65. The molecule has 0 unspecified atom stereocenters. The van der Waals surface area contributed by atoms with E-state index in [2.05, 4.69) is 0 Å². The number of carbonyl (C=O) groups is 1. The van der Waals surface area contributed by atoms with Crippen molar-refractivity contribution in [3.63, 3.8) is 0 Å². The quantitative estimate of drug-likeness (QED) is 0.347. The lowest BCUT2D eigenvalue weighted by molar-refractivity contribution is -0.142. The standard InChI is InChI=1S/C28H25FO3/c1-16-3-12-24(29)23(13-16)18-4-6-19(7-5-18)25-14-21-10-11-22(15-26(21)32-25)27(20-8-9-20)17(2)28(30)31/h3-7,10-15,17,20,27H,8-9H2,1-2H3,(H,30,31)/t17-,27-/m0/s1. The Kier molecular flexibility index (Phi) is 5.09. The number of aryl methyl sites for hydroxylation is 1. The maximum Gasteiger partial charge on any atom is 0.306 e. The Morgan fingerprint density at radius 3 is 2.41 bits per heavy atom. The number of furan rings is 1. The van der Waals surface area contributed by atoms with Gasteiger partial charge in [0.05, 0.1) is 5.92 Å². The monoisotopic (exact) mass is 428 g/mol. The average Bonchev–Trinajstić information content (AvgIpc) is 3.52. The summed E-state index contributed by atoms with van der Waals surface area (Å²) in [5.74, 6) is -0.240. The summed E-state index contributed by atoms with van der Waals surface area (Å²) < 4.78 is 20.4. The first-order chi connectivity index (χ1) is 15.4. The predicted molar refractivity (Wildman–Crippen MR) is 124 cm³/mol. The smallest absolute Gasteiger partial charge is 0.306 e. The van der Waals surface area contributed by atoms with Crippen LogP contribution in [-0.4, -0.2) is 11.1 Å². The number of hydrogen-bond donors (Lipinski definition) is 1. The van der Waals surface area contributed by atoms with Crippen molar-refractivity contribution in [2.45, 2.75) is 32.6 Å². The summed E-state index contributed by atoms with van der Waals surface area (Å²) in [6.45, 7) is 3.74. The molecule has 5 rings (SSSR count). The number of rotatable bonds is 6. The SMILES string of the molecule is Cc1ccc(F)c(-c2ccc(-c3cc4ccc([C@H](C5CC5)[C@H](C)C(=O)O)cc4o3)cc2)c1. The number of carboxylic acids is 1. The first-order valence-corrected chi connectivity index (χ1v) is 11.0. The van der Waals surface area contributed by atoms with E-state index in [1.165, 1.54) is 6.07 Å². The van der Waals surface area contributed by atoms with Crippen molar-refractivity contribution in [2.24, 2.45) is 11.8 Å². The molecule has 3 aromatic carbocycles. The maximum atomic E-state index is 14.2. The van der Waals surface area contributed by atoms with E-state index in [9.17, 15) is 14.3 Å². The molecule has 162 valence electrons. The van der Waals surface area contributed by atoms with Crippen LogP contribution in [0.5, 0.6) is 0 Å². The highest BCUT2D eigenvalue weighted by molar-refractivity contribution is 5.84. The molecule has 1 N–H and O–H groups in total. The summed E-state index contributed by atoms with van der Waals surface area (Å²) >= 11 is 0. The van der Waals surface area contributed by atoms with Crippen LogP contribution in [0.1, 0.15) is 36.8 Å². The zero-order chi connectivity index (χ0) is 22.4. The molecule has 0 aliphatic heterocycles. The van der Waals surface area contributed by atoms with Gasteiger partial charge >= 0.3 is 5.97 Å². The predicted octanol–water partition coefficient (Wildman–Crippen LogP) is 7.43. The third kappa shape index (κ3) is 3.81. The Hall–Kier alpha value is -3.40. The second-order valence-corrected chi connectivity index (χ2v) is 8.96. The Bertz CT molecular complexity index is 1300. The zero-order valence-electron chi connectivity index (χ0n) is 18.1. The minimum absolute atomic E-state index is 0.00830. The molecule has 1 heterocycles. The van der Waals surface area contributed by atoms with Crippen LogP contribution in [0, 0.1) is 24.6 Å². The number of benzene rings is 3. The zero-order valence-corrected chi connectivity index (χ0v) is 18.1. The summed E-state index contributed by atoms with van der Waals surface area (Å²) in [4.78, 5) is 11.6. The highest BCUT2D eigenvalue weighted by Gasteiger charge is 2.38. The first-order valence-electron chi connectivity index (χ1n) is 11.0. The Morgan fingerprint density at radius 1 is 1.00 bits per heavy atom. The summed E-state index contributed by atoms with van der Waals surface area (Å²) in [6, 6.07) is 20.8. The van der Waals surface area contributed by atoms with Crippen molar-refractivity contribution >= 4 is 16.9 Å². The molecule has 1 aliphatic rings. The molecule has 32 heavy (non-hydrogen) atoms. The van der Waals surface area contributed by atoms with Crippen molar-refractivity contribution in [3.05, 3.63) is 83.7 Å². The van der Waals surface area contributed by atoms with Crippen LogP contribution in [0.4, 0.5) is 4.39 Å². The maximum absolute atomic E-state index is 14.2. The highest BCUT2D eigenvalue weighted by atomic mass is 19.1. The van der Waals surface area contributed by atoms with Crippen LogP contribution < -0.4 is 0 Å². The van der Waals surface area contributed by atoms with Crippen LogP contribution in [0.2, 0.25) is 0 Å². The van der Waals surface area contributed by atoms with Gasteiger partial charge in [0.25, 0.3) is 0 Å². The van der Waals surface area contributed by atoms with E-state index in [4.69, 9.17) is 4.42 Å². The Morgan fingerprint density at radius 2 is 1.72 bits per heavy atom. The molecule has 0 bridgehead atoms. The van der Waals surface area contributed by atoms with Gasteiger partial charge in [0.15, 0.2) is 0 Å². The van der Waals surface area contributed by atoms with Crippen molar-refractivity contribution in [1.82, 2.24) is 0 Å². The van der Waals surface area contributed by atoms with Gasteiger partial charge in [-0.15, -0.1) is 0 Å². The van der Waals surface area contributed by atoms with Crippen LogP contribution >= 0.6 is 0 Å². The van der Waals surface area contributed by atoms with Crippen molar-refractivity contribution in [2.75, 3.05) is 0 Å². The number of aliphatic carboxylic acids is 1. The first kappa shape index (κ1) is 20.5. The van der Waals surface area contributed by atoms with Gasteiger partial charge in [-0.2, -0.15) is 0 Å². The summed E-state index contributed by atoms with van der Waals surface area (Å²) in [6.07, 6.45) is 2.16. The number of halogens is 1. The van der Waals surface area contributed by atoms with Crippen molar-refractivity contribution in [3.8, 4) is 22.5 Å². The third-order valence-electron chi connectivity index (χ3n) is 6.59. The Balaban J connectivity index is 1.46. The molecule has 0 radical (unpaired) electrons.